The lowest BCUT2D eigenvalue weighted by atomic mass is 9.95. The van der Waals surface area contributed by atoms with Crippen molar-refractivity contribution in [1.82, 2.24) is 0 Å². The van der Waals surface area contributed by atoms with Gasteiger partial charge in [0.15, 0.2) is 0 Å². The number of rotatable bonds is 3. The van der Waals surface area contributed by atoms with Crippen LogP contribution in [0.4, 0.5) is 0 Å². The number of fused-ring (bicyclic) bond motifs is 2. The Bertz CT molecular complexity index is 910. The maximum Gasteiger partial charge on any atom is 0.348 e. The number of ether oxygens (including phenoxy) is 1. The quantitative estimate of drug-likeness (QED) is 0.310. The summed E-state index contributed by atoms with van der Waals surface area (Å²) in [5.41, 5.74) is 0.872. The molecule has 0 aliphatic carbocycles. The van der Waals surface area contributed by atoms with Crippen LogP contribution in [0.25, 0.3) is 27.6 Å². The zero-order chi connectivity index (χ0) is 16.2. The van der Waals surface area contributed by atoms with Crippen molar-refractivity contribution < 1.29 is 9.53 Å². The molecule has 112 valence electrons. The van der Waals surface area contributed by atoms with E-state index in [-0.39, 0.29) is 12.2 Å². The first kappa shape index (κ1) is 14.8. The normalized spacial score (nSPS) is 11.4. The molecular weight excluding hydrogens is 286 g/mol. The lowest BCUT2D eigenvalue weighted by Crippen LogP contribution is -2.06. The Labute approximate surface area is 134 Å². The maximum absolute atomic E-state index is 11.9. The summed E-state index contributed by atoms with van der Waals surface area (Å²) in [5.74, 6) is -0.591. The number of esters is 1. The van der Waals surface area contributed by atoms with Gasteiger partial charge in [-0.25, -0.2) is 4.79 Å². The average molecular weight is 301 g/mol. The topological polar surface area (TPSA) is 50.1 Å². The third-order valence-electron chi connectivity index (χ3n) is 3.72. The van der Waals surface area contributed by atoms with Crippen molar-refractivity contribution in [3.63, 3.8) is 0 Å². The van der Waals surface area contributed by atoms with Gasteiger partial charge in [-0.15, -0.1) is 0 Å². The summed E-state index contributed by atoms with van der Waals surface area (Å²) in [4.78, 5) is 11.9. The number of nitrogens with zero attached hydrogens (tertiary/aromatic N) is 1. The molecule has 3 heteroatoms. The number of benzene rings is 3. The van der Waals surface area contributed by atoms with Crippen LogP contribution >= 0.6 is 0 Å². The Morgan fingerprint density at radius 2 is 1.65 bits per heavy atom. The average Bonchev–Trinajstić information content (AvgIpc) is 2.58. The van der Waals surface area contributed by atoms with Gasteiger partial charge in [-0.05, 0) is 46.2 Å². The largest absolute Gasteiger partial charge is 0.462 e. The second-order valence-corrected chi connectivity index (χ2v) is 5.12. The van der Waals surface area contributed by atoms with Gasteiger partial charge in [-0.3, -0.25) is 0 Å². The molecule has 3 aromatic rings. The lowest BCUT2D eigenvalue weighted by molar-refractivity contribution is -0.137. The predicted molar refractivity (Wildman–Crippen MR) is 91.7 cm³/mol. The molecule has 0 unspecified atom stereocenters. The Morgan fingerprint density at radius 3 is 2.17 bits per heavy atom. The molecule has 0 aromatic heterocycles. The van der Waals surface area contributed by atoms with Crippen LogP contribution in [0, 0.1) is 11.3 Å². The minimum atomic E-state index is -0.591. The van der Waals surface area contributed by atoms with Gasteiger partial charge in [0.2, 0.25) is 0 Å². The second-order valence-electron chi connectivity index (χ2n) is 5.12. The monoisotopic (exact) mass is 301 g/mol. The molecule has 0 heterocycles. The number of nitriles is 1. The van der Waals surface area contributed by atoms with E-state index in [4.69, 9.17) is 4.74 Å². The van der Waals surface area contributed by atoms with Crippen molar-refractivity contribution in [3.05, 3.63) is 65.7 Å². The Hall–Kier alpha value is -3.12. The van der Waals surface area contributed by atoms with Gasteiger partial charge in [-0.1, -0.05) is 48.5 Å². The summed E-state index contributed by atoms with van der Waals surface area (Å²) in [5, 5.41) is 13.5. The van der Waals surface area contributed by atoms with Crippen LogP contribution in [0.5, 0.6) is 0 Å². The molecule has 0 radical (unpaired) electrons. The smallest absolute Gasteiger partial charge is 0.348 e. The van der Waals surface area contributed by atoms with Gasteiger partial charge in [-0.2, -0.15) is 5.26 Å². The van der Waals surface area contributed by atoms with Crippen LogP contribution in [0.15, 0.2) is 60.2 Å². The van der Waals surface area contributed by atoms with Gasteiger partial charge in [0, 0.05) is 0 Å². The van der Waals surface area contributed by atoms with E-state index in [0.29, 0.717) is 0 Å². The number of carbonyl (C=O) groups is 1. The maximum atomic E-state index is 11.9. The fourth-order valence-corrected chi connectivity index (χ4v) is 2.69. The number of carbonyl (C=O) groups excluding carboxylic acids is 1. The van der Waals surface area contributed by atoms with E-state index < -0.39 is 5.97 Å². The Morgan fingerprint density at radius 1 is 1.09 bits per heavy atom. The molecule has 0 bridgehead atoms. The first-order chi connectivity index (χ1) is 11.2. The summed E-state index contributed by atoms with van der Waals surface area (Å²) < 4.78 is 4.96. The molecule has 23 heavy (non-hydrogen) atoms. The molecule has 0 saturated heterocycles. The molecule has 0 N–H and O–H groups in total. The third kappa shape index (κ3) is 2.79. The zero-order valence-corrected chi connectivity index (χ0v) is 12.7. The second kappa shape index (κ2) is 6.33. The van der Waals surface area contributed by atoms with Crippen LogP contribution in [0.2, 0.25) is 0 Å². The van der Waals surface area contributed by atoms with E-state index in [1.807, 2.05) is 54.6 Å². The molecule has 3 rings (SSSR count). The van der Waals surface area contributed by atoms with Crippen molar-refractivity contribution in [2.75, 3.05) is 6.61 Å². The van der Waals surface area contributed by atoms with Crippen molar-refractivity contribution in [2.24, 2.45) is 0 Å². The fourth-order valence-electron chi connectivity index (χ4n) is 2.69. The summed E-state index contributed by atoms with van der Waals surface area (Å²) in [6.07, 6.45) is 1.63. The third-order valence-corrected chi connectivity index (χ3v) is 3.72. The number of hydrogen-bond acceptors (Lipinski definition) is 3. The van der Waals surface area contributed by atoms with Crippen LogP contribution in [-0.4, -0.2) is 12.6 Å². The Kier molecular flexibility index (Phi) is 4.07. The van der Waals surface area contributed by atoms with E-state index in [1.165, 1.54) is 0 Å². The highest BCUT2D eigenvalue weighted by atomic mass is 16.5. The van der Waals surface area contributed by atoms with Crippen LogP contribution in [0.3, 0.4) is 0 Å². The van der Waals surface area contributed by atoms with E-state index in [1.54, 1.807) is 13.0 Å². The van der Waals surface area contributed by atoms with Crippen LogP contribution < -0.4 is 0 Å². The predicted octanol–water partition coefficient (Wildman–Crippen LogP) is 4.46. The van der Waals surface area contributed by atoms with Gasteiger partial charge in [0.25, 0.3) is 0 Å². The fraction of sp³-hybridized carbons (Fsp3) is 0.100. The standard InChI is InChI=1S/C20H15NO2/c1-2-23-20(22)16(13-21)12-19-17-9-5-3-7-14(17)11-15-8-4-6-10-18(15)19/h3-12H,2H2,1H3. The lowest BCUT2D eigenvalue weighted by Gasteiger charge is -2.09. The first-order valence-corrected chi connectivity index (χ1v) is 7.44. The molecule has 0 atom stereocenters. The molecule has 0 amide bonds. The summed E-state index contributed by atoms with van der Waals surface area (Å²) >= 11 is 0. The SMILES string of the molecule is CCOC(=O)C(C#N)=Cc1c2ccccc2cc2ccccc12. The summed E-state index contributed by atoms with van der Waals surface area (Å²) in [6, 6.07) is 19.9. The Balaban J connectivity index is 2.33. The summed E-state index contributed by atoms with van der Waals surface area (Å²) in [7, 11) is 0. The van der Waals surface area contributed by atoms with Gasteiger partial charge in [0.1, 0.15) is 11.6 Å². The van der Waals surface area contributed by atoms with Gasteiger partial charge in [0.05, 0.1) is 6.61 Å². The van der Waals surface area contributed by atoms with E-state index in [0.717, 1.165) is 27.1 Å². The van der Waals surface area contributed by atoms with Crippen molar-refractivity contribution >= 4 is 33.6 Å². The van der Waals surface area contributed by atoms with Gasteiger partial charge >= 0.3 is 5.97 Å². The first-order valence-electron chi connectivity index (χ1n) is 7.44. The van der Waals surface area contributed by atoms with E-state index >= 15 is 0 Å². The van der Waals surface area contributed by atoms with Crippen molar-refractivity contribution in [3.8, 4) is 6.07 Å². The van der Waals surface area contributed by atoms with E-state index in [2.05, 4.69) is 6.07 Å². The molecule has 0 aliphatic heterocycles. The van der Waals surface area contributed by atoms with Crippen molar-refractivity contribution in [1.29, 1.82) is 5.26 Å². The molecule has 0 fully saturated rings. The molecule has 0 saturated carbocycles. The highest BCUT2D eigenvalue weighted by Gasteiger charge is 2.12. The summed E-state index contributed by atoms with van der Waals surface area (Å²) in [6.45, 7) is 1.97. The molecular formula is C20H15NO2. The van der Waals surface area contributed by atoms with Gasteiger partial charge < -0.3 is 4.74 Å². The van der Waals surface area contributed by atoms with Crippen LogP contribution in [-0.2, 0) is 9.53 Å². The highest BCUT2D eigenvalue weighted by Crippen LogP contribution is 2.30. The highest BCUT2D eigenvalue weighted by molar-refractivity contribution is 6.10. The van der Waals surface area contributed by atoms with Crippen molar-refractivity contribution in [2.45, 2.75) is 6.92 Å². The van der Waals surface area contributed by atoms with Crippen LogP contribution in [0.1, 0.15) is 12.5 Å². The number of hydrogen-bond donors (Lipinski definition) is 0. The van der Waals surface area contributed by atoms with E-state index in [9.17, 15) is 10.1 Å². The molecule has 3 nitrogen and oxygen atoms in total. The molecule has 3 aromatic carbocycles. The molecule has 0 aliphatic rings. The molecule has 0 spiro atoms. The minimum absolute atomic E-state index is 0.00774. The minimum Gasteiger partial charge on any atom is -0.462 e. The zero-order valence-electron chi connectivity index (χ0n) is 12.7.